The van der Waals surface area contributed by atoms with Crippen molar-refractivity contribution in [1.29, 1.82) is 0 Å². The Labute approximate surface area is 440 Å². The van der Waals surface area contributed by atoms with Crippen molar-refractivity contribution in [3.05, 3.63) is 57.9 Å². The third-order valence-corrected chi connectivity index (χ3v) is 17.9. The van der Waals surface area contributed by atoms with E-state index in [0.717, 1.165) is 44.2 Å². The van der Waals surface area contributed by atoms with Crippen LogP contribution in [0.5, 0.6) is 5.75 Å². The van der Waals surface area contributed by atoms with Crippen LogP contribution in [-0.2, 0) is 63.0 Å². The molecule has 0 saturated carbocycles. The molecule has 5 rings (SSSR count). The van der Waals surface area contributed by atoms with Gasteiger partial charge >= 0.3 is 17.9 Å². The van der Waals surface area contributed by atoms with Crippen molar-refractivity contribution in [1.82, 2.24) is 29.1 Å². The van der Waals surface area contributed by atoms with Crippen molar-refractivity contribution in [2.75, 3.05) is 64.8 Å². The lowest BCUT2D eigenvalue weighted by Gasteiger charge is -2.38. The van der Waals surface area contributed by atoms with E-state index >= 15 is 0 Å². The van der Waals surface area contributed by atoms with E-state index in [0.29, 0.717) is 63.8 Å². The Morgan fingerprint density at radius 2 is 1.64 bits per heavy atom. The normalized spacial score (nSPS) is 16.8. The highest BCUT2D eigenvalue weighted by Crippen LogP contribution is 2.43. The number of nitrogens with zero attached hydrogens (tertiary/aromatic N) is 3. The van der Waals surface area contributed by atoms with Crippen molar-refractivity contribution >= 4 is 90.3 Å². The number of likely N-dealkylation sites (N-methyl/N-ethyl adjacent to an activating group) is 2. The monoisotopic (exact) mass is 1110 g/mol. The quantitative estimate of drug-likeness (QED) is 0.0333. The molecule has 3 aromatic rings. The molecule has 0 radical (unpaired) electrons. The Morgan fingerprint density at radius 1 is 0.960 bits per heavy atom. The Bertz CT molecular complexity index is 2890. The van der Waals surface area contributed by atoms with Gasteiger partial charge in [0.05, 0.1) is 17.2 Å². The fourth-order valence-electron chi connectivity index (χ4n) is 8.39. The summed E-state index contributed by atoms with van der Waals surface area (Å²) in [5.74, 6) is -5.08. The van der Waals surface area contributed by atoms with Gasteiger partial charge in [0.25, 0.3) is 37.8 Å². The number of aryl methyl sites for hydroxylation is 1. The number of nitrogens with one attached hydrogen (secondary N) is 4. The molecule has 2 aromatic heterocycles. The minimum Gasteiger partial charge on any atom is -0.450 e. The lowest BCUT2D eigenvalue weighted by atomic mass is 10.0. The molecule has 5 N–H and O–H groups in total. The molecule has 412 valence electrons. The van der Waals surface area contributed by atoms with E-state index in [9.17, 15) is 55.5 Å². The Morgan fingerprint density at radius 3 is 2.29 bits per heavy atom. The topological polar surface area (TPSA) is 307 Å². The lowest BCUT2D eigenvalue weighted by molar-refractivity contribution is -0.174. The third kappa shape index (κ3) is 14.7. The van der Waals surface area contributed by atoms with Crippen LogP contribution < -0.4 is 20.1 Å². The fourth-order valence-corrected chi connectivity index (χ4v) is 13.3. The van der Waals surface area contributed by atoms with Crippen LogP contribution in [0.1, 0.15) is 118 Å². The molecular weight excluding hydrogens is 1040 g/mol. The van der Waals surface area contributed by atoms with Crippen molar-refractivity contribution in [3.8, 4) is 5.75 Å². The van der Waals surface area contributed by atoms with Gasteiger partial charge in [-0.05, 0) is 110 Å². The number of hydrogen-bond acceptors (Lipinski definition) is 18. The number of benzene rings is 1. The number of rotatable bonds is 26. The molecular formula is C49H67N7O16S3. The number of hydrogen-bond donors (Lipinski definition) is 5. The molecule has 0 fully saturated rings. The summed E-state index contributed by atoms with van der Waals surface area (Å²) in [4.78, 5) is 97.4. The van der Waals surface area contributed by atoms with E-state index in [1.807, 2.05) is 0 Å². The van der Waals surface area contributed by atoms with Gasteiger partial charge in [-0.1, -0.05) is 13.8 Å². The van der Waals surface area contributed by atoms with Gasteiger partial charge in [-0.25, -0.2) is 31.1 Å². The number of esters is 3. The van der Waals surface area contributed by atoms with Gasteiger partial charge in [0.2, 0.25) is 5.91 Å². The van der Waals surface area contributed by atoms with Crippen LogP contribution >= 0.6 is 11.3 Å². The van der Waals surface area contributed by atoms with Crippen LogP contribution in [-0.4, -0.2) is 160 Å². The first-order valence-corrected chi connectivity index (χ1v) is 28.3. The second-order valence-corrected chi connectivity index (χ2v) is 23.0. The van der Waals surface area contributed by atoms with Crippen LogP contribution in [0.25, 0.3) is 11.6 Å². The van der Waals surface area contributed by atoms with E-state index in [-0.39, 0.29) is 85.7 Å². The molecule has 0 aliphatic carbocycles. The standard InChI is InChI=1S/C49H67N7O16S3/c1-10-54(11-2)22-20-50-46(62)43-28(4)38(51-29(43)5)25-35-34-24-33(18-19-37(34)52-45(35)61)72-41(59)17-14-13-16-40(58)56(12-3)39-27-55(21-15-23-69-9)75(67,68)49-36(39)26-42(73-49)74(65,66)53-44(60)31(7)70-48(64)32(8)71-47(63)30(6)57/h18-19,24-26,30-32,39,51,57H,10-17,20-23,27H2,1-9H3,(H,50,62)(H,52,61)(H,53,60)/b35-25-/t30-,31-,32-,39-/m0/s1. The summed E-state index contributed by atoms with van der Waals surface area (Å²) in [5, 5.41) is 15.1. The van der Waals surface area contributed by atoms with E-state index in [1.54, 1.807) is 49.8 Å². The molecule has 26 heteroatoms. The molecule has 0 bridgehead atoms. The number of aliphatic hydroxyl groups is 1. The first-order chi connectivity index (χ1) is 35.4. The van der Waals surface area contributed by atoms with E-state index in [1.165, 1.54) is 12.0 Å². The molecule has 2 aliphatic heterocycles. The van der Waals surface area contributed by atoms with E-state index < -0.39 is 78.3 Å². The number of aliphatic hydroxyl groups excluding tert-OH is 1. The minimum atomic E-state index is -4.81. The second-order valence-electron chi connectivity index (χ2n) is 17.9. The first-order valence-electron chi connectivity index (χ1n) is 24.5. The number of anilines is 1. The molecule has 0 saturated heterocycles. The largest absolute Gasteiger partial charge is 0.450 e. The average molecular weight is 1110 g/mol. The van der Waals surface area contributed by atoms with Gasteiger partial charge < -0.3 is 49.5 Å². The summed E-state index contributed by atoms with van der Waals surface area (Å²) in [5.41, 5.74) is 3.68. The zero-order valence-electron chi connectivity index (χ0n) is 43.5. The van der Waals surface area contributed by atoms with Crippen molar-refractivity contribution in [3.63, 3.8) is 0 Å². The summed E-state index contributed by atoms with van der Waals surface area (Å²) in [6.45, 7) is 15.6. The number of unbranched alkanes of at least 4 members (excludes halogenated alkanes) is 1. The predicted octanol–water partition coefficient (Wildman–Crippen LogP) is 3.40. The number of fused-ring (bicyclic) bond motifs is 2. The number of aromatic nitrogens is 1. The zero-order valence-corrected chi connectivity index (χ0v) is 46.0. The summed E-state index contributed by atoms with van der Waals surface area (Å²) in [7, 11) is -7.68. The Kier molecular flexibility index (Phi) is 20.9. The Balaban J connectivity index is 1.24. The molecule has 0 spiro atoms. The lowest BCUT2D eigenvalue weighted by Crippen LogP contribution is -2.47. The molecule has 0 unspecified atom stereocenters. The number of carbonyl (C=O) groups is 7. The molecule has 1 aromatic carbocycles. The van der Waals surface area contributed by atoms with Gasteiger partial charge in [0.15, 0.2) is 12.2 Å². The van der Waals surface area contributed by atoms with E-state index in [2.05, 4.69) is 34.4 Å². The van der Waals surface area contributed by atoms with Crippen LogP contribution in [0.3, 0.4) is 0 Å². The molecule has 4 atom stereocenters. The molecule has 2 aliphatic rings. The number of sulfonamides is 2. The second kappa shape index (κ2) is 26.1. The van der Waals surface area contributed by atoms with Gasteiger partial charge in [-0.15, -0.1) is 11.3 Å². The van der Waals surface area contributed by atoms with Gasteiger partial charge in [0.1, 0.15) is 20.3 Å². The number of amides is 4. The van der Waals surface area contributed by atoms with Gasteiger partial charge in [-0.2, -0.15) is 4.31 Å². The van der Waals surface area contributed by atoms with Crippen LogP contribution in [0, 0.1) is 13.8 Å². The third-order valence-electron chi connectivity index (χ3n) is 12.6. The minimum absolute atomic E-state index is 0.0132. The van der Waals surface area contributed by atoms with E-state index in [4.69, 9.17) is 18.9 Å². The zero-order chi connectivity index (χ0) is 55.5. The number of methoxy groups -OCH3 is 1. The predicted molar refractivity (Wildman–Crippen MR) is 275 cm³/mol. The van der Waals surface area contributed by atoms with Gasteiger partial charge in [-0.3, -0.25) is 24.0 Å². The summed E-state index contributed by atoms with van der Waals surface area (Å²) < 4.78 is 77.7. The number of aromatic amines is 1. The SMILES string of the molecule is CCN(CC)CCNC(=O)c1c(C)[nH]c(/C=C2\C(=O)Nc3ccc(OC(=O)CCCCC(=O)N(CC)[C@H]4CN(CCCOC)S(=O)(=O)c5sc(S(=O)(=O)NC(=O)[C@H](C)OC(=O)[C@H](C)OC(=O)[C@H](C)O)cc54)cc32)c1C. The highest BCUT2D eigenvalue weighted by atomic mass is 32.3. The Hall–Kier alpha value is -6.03. The number of carbonyl (C=O) groups excluding carboxylic acids is 7. The van der Waals surface area contributed by atoms with Crippen molar-refractivity contribution in [2.45, 2.75) is 120 Å². The van der Waals surface area contributed by atoms with Crippen molar-refractivity contribution < 1.29 is 74.5 Å². The summed E-state index contributed by atoms with van der Waals surface area (Å²) in [6, 6.07) is 4.85. The van der Waals surface area contributed by atoms with Gasteiger partial charge in [0, 0.05) is 87.5 Å². The number of thiophene rings is 1. The average Bonchev–Trinajstić information content (AvgIpc) is 4.03. The molecule has 75 heavy (non-hydrogen) atoms. The fraction of sp³-hybridized carbons (Fsp3) is 0.531. The summed E-state index contributed by atoms with van der Waals surface area (Å²) in [6.07, 6.45) is -2.61. The number of ether oxygens (including phenoxy) is 4. The molecule has 4 amide bonds. The first kappa shape index (κ1) is 59.8. The van der Waals surface area contributed by atoms with Crippen LogP contribution in [0.4, 0.5) is 5.69 Å². The molecule has 23 nitrogen and oxygen atoms in total. The van der Waals surface area contributed by atoms with Crippen LogP contribution in [0.15, 0.2) is 32.7 Å². The van der Waals surface area contributed by atoms with Crippen LogP contribution in [0.2, 0.25) is 0 Å². The smallest absolute Gasteiger partial charge is 0.347 e. The highest BCUT2D eigenvalue weighted by Gasteiger charge is 2.43. The maximum atomic E-state index is 14.0. The molecule has 4 heterocycles. The maximum Gasteiger partial charge on any atom is 0.347 e. The highest BCUT2D eigenvalue weighted by molar-refractivity contribution is 7.94. The summed E-state index contributed by atoms with van der Waals surface area (Å²) >= 11 is 0.375. The maximum absolute atomic E-state index is 14.0. The van der Waals surface area contributed by atoms with Crippen molar-refractivity contribution in [2.24, 2.45) is 0 Å². The number of H-pyrrole nitrogens is 1.